The van der Waals surface area contributed by atoms with Crippen molar-refractivity contribution in [3.05, 3.63) is 63.9 Å². The molecule has 4 rings (SSSR count). The molecule has 0 spiro atoms. The molecule has 0 radical (unpaired) electrons. The van der Waals surface area contributed by atoms with E-state index in [0.717, 1.165) is 12.1 Å². The Labute approximate surface area is 175 Å². The zero-order chi connectivity index (χ0) is 22.7. The van der Waals surface area contributed by atoms with Crippen molar-refractivity contribution in [2.45, 2.75) is 39.5 Å². The molecule has 1 aliphatic heterocycles. The third-order valence-corrected chi connectivity index (χ3v) is 5.54. The molecule has 3 heterocycles. The Balaban J connectivity index is 1.86. The molecule has 162 valence electrons. The van der Waals surface area contributed by atoms with Gasteiger partial charge in [-0.05, 0) is 23.6 Å². The van der Waals surface area contributed by atoms with Crippen LogP contribution in [-0.2, 0) is 12.7 Å². The highest BCUT2D eigenvalue weighted by molar-refractivity contribution is 5.87. The first-order valence-corrected chi connectivity index (χ1v) is 9.61. The number of carboxylic acids is 1. The molecular formula is C22H20F3N3O3. The standard InChI is InChI=1S/C22H20F3N3O3/c1-21(2,3)19-11-28-17(16-9-18(29)14(20(30)31)10-27(16)19)8-15(26-28)12-4-6-13(7-5-12)22(23,24)25/h4-10,19H,11H2,1-3H3,(H,30,31)/t19-/m0/s1. The fraction of sp³-hybridized carbons (Fsp3) is 0.318. The zero-order valence-electron chi connectivity index (χ0n) is 17.1. The summed E-state index contributed by atoms with van der Waals surface area (Å²) in [6, 6.07) is 7.53. The molecule has 9 heteroatoms. The van der Waals surface area contributed by atoms with Crippen molar-refractivity contribution in [3.8, 4) is 22.6 Å². The molecule has 0 aliphatic carbocycles. The second-order valence-electron chi connectivity index (χ2n) is 8.70. The average Bonchev–Trinajstić information content (AvgIpc) is 3.10. The Bertz CT molecular complexity index is 1230. The number of rotatable bonds is 2. The van der Waals surface area contributed by atoms with E-state index in [-0.39, 0.29) is 17.0 Å². The number of fused-ring (bicyclic) bond motifs is 3. The van der Waals surface area contributed by atoms with E-state index < -0.39 is 23.1 Å². The molecule has 1 aliphatic rings. The molecule has 31 heavy (non-hydrogen) atoms. The first-order chi connectivity index (χ1) is 14.4. The van der Waals surface area contributed by atoms with Crippen LogP contribution in [0.3, 0.4) is 0 Å². The van der Waals surface area contributed by atoms with Gasteiger partial charge >= 0.3 is 12.1 Å². The summed E-state index contributed by atoms with van der Waals surface area (Å²) in [5.41, 5.74) is 0.156. The lowest BCUT2D eigenvalue weighted by Gasteiger charge is -2.38. The number of carboxylic acid groups (broad SMARTS) is 1. The van der Waals surface area contributed by atoms with E-state index in [1.165, 1.54) is 24.4 Å². The second kappa shape index (κ2) is 6.83. The topological polar surface area (TPSA) is 77.1 Å². The summed E-state index contributed by atoms with van der Waals surface area (Å²) in [5.74, 6) is -1.29. The van der Waals surface area contributed by atoms with Crippen molar-refractivity contribution in [3.63, 3.8) is 0 Å². The maximum absolute atomic E-state index is 12.9. The number of nitrogens with zero attached hydrogens (tertiary/aromatic N) is 3. The molecule has 0 saturated carbocycles. The third kappa shape index (κ3) is 3.64. The fourth-order valence-electron chi connectivity index (χ4n) is 3.85. The van der Waals surface area contributed by atoms with Gasteiger partial charge in [-0.1, -0.05) is 32.9 Å². The maximum Gasteiger partial charge on any atom is 0.416 e. The SMILES string of the molecule is CC(C)(C)[C@@H]1Cn2nc(-c3ccc(C(F)(F)F)cc3)cc2-c2cc(=O)c(C(=O)O)cn21. The van der Waals surface area contributed by atoms with E-state index >= 15 is 0 Å². The van der Waals surface area contributed by atoms with Crippen LogP contribution in [0.1, 0.15) is 42.7 Å². The zero-order valence-corrected chi connectivity index (χ0v) is 17.1. The van der Waals surface area contributed by atoms with Gasteiger partial charge in [0.25, 0.3) is 0 Å². The summed E-state index contributed by atoms with van der Waals surface area (Å²) in [6.45, 7) is 6.44. The molecule has 3 aromatic rings. The van der Waals surface area contributed by atoms with E-state index in [4.69, 9.17) is 0 Å². The molecule has 0 fully saturated rings. The van der Waals surface area contributed by atoms with E-state index in [1.807, 2.05) is 20.8 Å². The molecule has 1 aromatic carbocycles. The molecule has 6 nitrogen and oxygen atoms in total. The number of hydrogen-bond donors (Lipinski definition) is 1. The number of aromatic carboxylic acids is 1. The van der Waals surface area contributed by atoms with Crippen LogP contribution >= 0.6 is 0 Å². The van der Waals surface area contributed by atoms with Crippen molar-refractivity contribution in [1.29, 1.82) is 0 Å². The fourth-order valence-corrected chi connectivity index (χ4v) is 3.85. The lowest BCUT2D eigenvalue weighted by atomic mass is 9.85. The summed E-state index contributed by atoms with van der Waals surface area (Å²) in [5, 5.41) is 13.9. The number of alkyl halides is 3. The second-order valence-corrected chi connectivity index (χ2v) is 8.70. The van der Waals surface area contributed by atoms with Gasteiger partial charge in [0.05, 0.1) is 35.2 Å². The first-order valence-electron chi connectivity index (χ1n) is 9.61. The van der Waals surface area contributed by atoms with Gasteiger partial charge in [-0.3, -0.25) is 9.48 Å². The van der Waals surface area contributed by atoms with Crippen molar-refractivity contribution < 1.29 is 23.1 Å². The normalized spacial score (nSPS) is 16.0. The van der Waals surface area contributed by atoms with Crippen LogP contribution in [0.15, 0.2) is 47.4 Å². The molecule has 0 bridgehead atoms. The predicted molar refractivity (Wildman–Crippen MR) is 108 cm³/mol. The van der Waals surface area contributed by atoms with Crippen LogP contribution in [0.25, 0.3) is 22.6 Å². The maximum atomic E-state index is 12.9. The van der Waals surface area contributed by atoms with Gasteiger partial charge in [-0.25, -0.2) is 4.79 Å². The van der Waals surface area contributed by atoms with Gasteiger partial charge in [-0.15, -0.1) is 0 Å². The summed E-state index contributed by atoms with van der Waals surface area (Å²) in [7, 11) is 0. The van der Waals surface area contributed by atoms with Gasteiger partial charge in [0.15, 0.2) is 5.43 Å². The summed E-state index contributed by atoms with van der Waals surface area (Å²) >= 11 is 0. The molecular weight excluding hydrogens is 411 g/mol. The van der Waals surface area contributed by atoms with Crippen LogP contribution < -0.4 is 5.43 Å². The summed E-state index contributed by atoms with van der Waals surface area (Å²) in [6.07, 6.45) is -3.06. The number of benzene rings is 1. The number of hydrogen-bond acceptors (Lipinski definition) is 3. The van der Waals surface area contributed by atoms with Crippen LogP contribution in [0, 0.1) is 5.41 Å². The quantitative estimate of drug-likeness (QED) is 0.638. The van der Waals surface area contributed by atoms with E-state index in [1.54, 1.807) is 15.3 Å². The highest BCUT2D eigenvalue weighted by atomic mass is 19.4. The van der Waals surface area contributed by atoms with Gasteiger partial charge in [0.1, 0.15) is 5.56 Å². The van der Waals surface area contributed by atoms with Gasteiger partial charge in [0.2, 0.25) is 0 Å². The average molecular weight is 431 g/mol. The van der Waals surface area contributed by atoms with Crippen molar-refractivity contribution in [1.82, 2.24) is 14.3 Å². The molecule has 0 unspecified atom stereocenters. The van der Waals surface area contributed by atoms with Crippen molar-refractivity contribution in [2.75, 3.05) is 0 Å². The Kier molecular flexibility index (Phi) is 4.60. The van der Waals surface area contributed by atoms with E-state index in [2.05, 4.69) is 5.10 Å². The van der Waals surface area contributed by atoms with Crippen LogP contribution in [0.4, 0.5) is 13.2 Å². The number of pyridine rings is 1. The van der Waals surface area contributed by atoms with Crippen LogP contribution in [-0.4, -0.2) is 25.4 Å². The minimum absolute atomic E-state index is 0.186. The number of halogens is 3. The molecule has 1 atom stereocenters. The van der Waals surface area contributed by atoms with E-state index in [0.29, 0.717) is 29.2 Å². The van der Waals surface area contributed by atoms with Crippen LogP contribution in [0.5, 0.6) is 0 Å². The van der Waals surface area contributed by atoms with Crippen molar-refractivity contribution in [2.24, 2.45) is 5.41 Å². The molecule has 1 N–H and O–H groups in total. The third-order valence-electron chi connectivity index (χ3n) is 5.54. The van der Waals surface area contributed by atoms with E-state index in [9.17, 15) is 27.9 Å². The smallest absolute Gasteiger partial charge is 0.416 e. The Morgan fingerprint density at radius 1 is 1.10 bits per heavy atom. The number of carbonyl (C=O) groups is 1. The number of aromatic nitrogens is 3. The van der Waals surface area contributed by atoms with Gasteiger partial charge in [-0.2, -0.15) is 18.3 Å². The van der Waals surface area contributed by atoms with Crippen molar-refractivity contribution >= 4 is 5.97 Å². The summed E-state index contributed by atoms with van der Waals surface area (Å²) in [4.78, 5) is 23.9. The van der Waals surface area contributed by atoms with Gasteiger partial charge in [0, 0.05) is 17.8 Å². The highest BCUT2D eigenvalue weighted by Crippen LogP contribution is 2.40. The highest BCUT2D eigenvalue weighted by Gasteiger charge is 2.35. The van der Waals surface area contributed by atoms with Gasteiger partial charge < -0.3 is 9.67 Å². The summed E-state index contributed by atoms with van der Waals surface area (Å²) < 4.78 is 42.1. The predicted octanol–water partition coefficient (Wildman–Crippen LogP) is 4.70. The van der Waals surface area contributed by atoms with Crippen LogP contribution in [0.2, 0.25) is 0 Å². The molecule has 0 amide bonds. The largest absolute Gasteiger partial charge is 0.477 e. The Hall–Kier alpha value is -3.36. The monoisotopic (exact) mass is 431 g/mol. The minimum atomic E-state index is -4.42. The lowest BCUT2D eigenvalue weighted by Crippen LogP contribution is -2.35. The Morgan fingerprint density at radius 3 is 2.29 bits per heavy atom. The lowest BCUT2D eigenvalue weighted by molar-refractivity contribution is -0.137. The Morgan fingerprint density at radius 2 is 1.74 bits per heavy atom. The molecule has 2 aromatic heterocycles. The molecule has 0 saturated heterocycles. The first kappa shape index (κ1) is 20.9. The minimum Gasteiger partial charge on any atom is -0.477 e.